The van der Waals surface area contributed by atoms with E-state index in [-0.39, 0.29) is 0 Å². The molecule has 2 aromatic carbocycles. The Kier molecular flexibility index (Phi) is 4.11. The van der Waals surface area contributed by atoms with Crippen molar-refractivity contribution < 1.29 is 0 Å². The Bertz CT molecular complexity index is 601. The normalized spacial score (nSPS) is 10.8. The summed E-state index contributed by atoms with van der Waals surface area (Å²) in [7, 11) is 0. The van der Waals surface area contributed by atoms with Crippen LogP contribution >= 0.6 is 0 Å². The van der Waals surface area contributed by atoms with E-state index in [4.69, 9.17) is 5.26 Å². The Balaban J connectivity index is 2.27. The van der Waals surface area contributed by atoms with Gasteiger partial charge < -0.3 is 0 Å². The van der Waals surface area contributed by atoms with Crippen LogP contribution in [0.5, 0.6) is 0 Å². The number of nitrogens with zero attached hydrogens (tertiary/aromatic N) is 1. The highest BCUT2D eigenvalue weighted by Gasteiger charge is 1.93. The fourth-order valence-corrected chi connectivity index (χ4v) is 1.69. The van der Waals surface area contributed by atoms with Crippen LogP contribution < -0.4 is 0 Å². The molecule has 2 rings (SSSR count). The standard InChI is InChI=1S/C17H13N/c18-14-6-11-16-9-4-5-10-17(16)13-12-15-7-2-1-3-8-15/h1-13H/b11-6+,13-12+. The van der Waals surface area contributed by atoms with Crippen molar-refractivity contribution in [2.24, 2.45) is 0 Å². The lowest BCUT2D eigenvalue weighted by molar-refractivity contribution is 1.53. The van der Waals surface area contributed by atoms with Gasteiger partial charge in [-0.2, -0.15) is 5.26 Å². The maximum Gasteiger partial charge on any atom is 0.0912 e. The second kappa shape index (κ2) is 6.22. The fraction of sp³-hybridized carbons (Fsp3) is 0. The van der Waals surface area contributed by atoms with E-state index in [0.29, 0.717) is 0 Å². The summed E-state index contributed by atoms with van der Waals surface area (Å²) in [6.07, 6.45) is 7.45. The molecule has 2 aromatic rings. The van der Waals surface area contributed by atoms with E-state index in [1.165, 1.54) is 6.08 Å². The molecule has 0 radical (unpaired) electrons. The average Bonchev–Trinajstić information content (AvgIpc) is 2.45. The lowest BCUT2D eigenvalue weighted by Gasteiger charge is -1.99. The first-order valence-electron chi connectivity index (χ1n) is 5.78. The van der Waals surface area contributed by atoms with Gasteiger partial charge in [0.05, 0.1) is 6.07 Å². The summed E-state index contributed by atoms with van der Waals surface area (Å²) in [5, 5.41) is 8.57. The third-order valence-corrected chi connectivity index (χ3v) is 2.59. The molecule has 0 aliphatic carbocycles. The Morgan fingerprint density at radius 1 is 0.722 bits per heavy atom. The smallest absolute Gasteiger partial charge is 0.0912 e. The van der Waals surface area contributed by atoms with Crippen molar-refractivity contribution in [3.05, 3.63) is 77.4 Å². The van der Waals surface area contributed by atoms with Gasteiger partial charge in [0.1, 0.15) is 0 Å². The van der Waals surface area contributed by atoms with E-state index in [1.807, 2.05) is 54.6 Å². The molecule has 1 heteroatoms. The molecular weight excluding hydrogens is 218 g/mol. The monoisotopic (exact) mass is 231 g/mol. The van der Waals surface area contributed by atoms with E-state index >= 15 is 0 Å². The molecule has 0 saturated heterocycles. The van der Waals surface area contributed by atoms with Crippen LogP contribution in [-0.4, -0.2) is 0 Å². The number of allylic oxidation sites excluding steroid dienone is 1. The van der Waals surface area contributed by atoms with Crippen LogP contribution in [0.1, 0.15) is 16.7 Å². The van der Waals surface area contributed by atoms with Crippen LogP contribution in [0.3, 0.4) is 0 Å². The Morgan fingerprint density at radius 3 is 2.00 bits per heavy atom. The summed E-state index contributed by atoms with van der Waals surface area (Å²) in [4.78, 5) is 0. The Morgan fingerprint density at radius 2 is 1.33 bits per heavy atom. The molecule has 0 unspecified atom stereocenters. The first kappa shape index (κ1) is 11.9. The molecule has 0 fully saturated rings. The van der Waals surface area contributed by atoms with Gasteiger partial charge in [0, 0.05) is 6.08 Å². The predicted molar refractivity (Wildman–Crippen MR) is 76.5 cm³/mol. The van der Waals surface area contributed by atoms with Gasteiger partial charge in [0.2, 0.25) is 0 Å². The summed E-state index contributed by atoms with van der Waals surface area (Å²) in [5.74, 6) is 0. The highest BCUT2D eigenvalue weighted by molar-refractivity contribution is 5.75. The van der Waals surface area contributed by atoms with Gasteiger partial charge in [-0.25, -0.2) is 0 Å². The molecule has 86 valence electrons. The van der Waals surface area contributed by atoms with E-state index < -0.39 is 0 Å². The maximum atomic E-state index is 8.57. The lowest BCUT2D eigenvalue weighted by Crippen LogP contribution is -1.79. The maximum absolute atomic E-state index is 8.57. The zero-order valence-corrected chi connectivity index (χ0v) is 9.95. The summed E-state index contributed by atoms with van der Waals surface area (Å²) in [5.41, 5.74) is 3.32. The zero-order valence-electron chi connectivity index (χ0n) is 9.95. The molecule has 18 heavy (non-hydrogen) atoms. The van der Waals surface area contributed by atoms with Gasteiger partial charge in [-0.15, -0.1) is 0 Å². The highest BCUT2D eigenvalue weighted by Crippen LogP contribution is 2.14. The van der Waals surface area contributed by atoms with Crippen LogP contribution in [0.2, 0.25) is 0 Å². The third-order valence-electron chi connectivity index (χ3n) is 2.59. The molecule has 0 saturated carbocycles. The van der Waals surface area contributed by atoms with Crippen molar-refractivity contribution in [3.8, 4) is 6.07 Å². The second-order valence-electron chi connectivity index (χ2n) is 3.84. The van der Waals surface area contributed by atoms with E-state index in [2.05, 4.69) is 24.3 Å². The number of hydrogen-bond acceptors (Lipinski definition) is 1. The van der Waals surface area contributed by atoms with Crippen LogP contribution in [0.15, 0.2) is 60.7 Å². The van der Waals surface area contributed by atoms with Crippen molar-refractivity contribution in [2.75, 3.05) is 0 Å². The quantitative estimate of drug-likeness (QED) is 0.567. The minimum atomic E-state index is 1.05. The lowest BCUT2D eigenvalue weighted by atomic mass is 10.1. The molecular formula is C17H13N. The van der Waals surface area contributed by atoms with Gasteiger partial charge in [0.15, 0.2) is 0 Å². The molecule has 0 bridgehead atoms. The van der Waals surface area contributed by atoms with Gasteiger partial charge in [-0.1, -0.05) is 66.7 Å². The molecule has 0 amide bonds. The van der Waals surface area contributed by atoms with Gasteiger partial charge in [-0.3, -0.25) is 0 Å². The molecule has 0 atom stereocenters. The van der Waals surface area contributed by atoms with E-state index in [0.717, 1.165) is 16.7 Å². The summed E-state index contributed by atoms with van der Waals surface area (Å²) in [6.45, 7) is 0. The number of benzene rings is 2. The molecule has 0 aliphatic rings. The molecule has 0 aliphatic heterocycles. The minimum Gasteiger partial charge on any atom is -0.193 e. The zero-order chi connectivity index (χ0) is 12.6. The van der Waals surface area contributed by atoms with Crippen LogP contribution in [-0.2, 0) is 0 Å². The van der Waals surface area contributed by atoms with Gasteiger partial charge in [-0.05, 0) is 22.8 Å². The van der Waals surface area contributed by atoms with Crippen LogP contribution in [0.4, 0.5) is 0 Å². The SMILES string of the molecule is N#C/C=C/c1ccccc1/C=C/c1ccccc1. The predicted octanol–water partition coefficient (Wildman–Crippen LogP) is 4.39. The van der Waals surface area contributed by atoms with E-state index in [9.17, 15) is 0 Å². The molecule has 0 N–H and O–H groups in total. The fourth-order valence-electron chi connectivity index (χ4n) is 1.69. The van der Waals surface area contributed by atoms with Crippen molar-refractivity contribution in [3.63, 3.8) is 0 Å². The number of nitriles is 1. The van der Waals surface area contributed by atoms with Crippen molar-refractivity contribution >= 4 is 18.2 Å². The Labute approximate surface area is 107 Å². The molecule has 0 aromatic heterocycles. The van der Waals surface area contributed by atoms with Gasteiger partial charge in [0.25, 0.3) is 0 Å². The molecule has 1 nitrogen and oxygen atoms in total. The van der Waals surface area contributed by atoms with Crippen LogP contribution in [0, 0.1) is 11.3 Å². The third kappa shape index (κ3) is 3.20. The summed E-state index contributed by atoms with van der Waals surface area (Å²) in [6, 6.07) is 20.2. The highest BCUT2D eigenvalue weighted by atomic mass is 14.2. The molecule has 0 heterocycles. The summed E-state index contributed by atoms with van der Waals surface area (Å²) >= 11 is 0. The largest absolute Gasteiger partial charge is 0.193 e. The van der Waals surface area contributed by atoms with Gasteiger partial charge >= 0.3 is 0 Å². The van der Waals surface area contributed by atoms with E-state index in [1.54, 1.807) is 0 Å². The topological polar surface area (TPSA) is 23.8 Å². The molecule has 0 spiro atoms. The number of hydrogen-bond donors (Lipinski definition) is 0. The first-order valence-corrected chi connectivity index (χ1v) is 5.78. The average molecular weight is 231 g/mol. The van der Waals surface area contributed by atoms with Crippen molar-refractivity contribution in [2.45, 2.75) is 0 Å². The Hall–Kier alpha value is -2.59. The summed E-state index contributed by atoms with van der Waals surface area (Å²) < 4.78 is 0. The number of rotatable bonds is 3. The second-order valence-corrected chi connectivity index (χ2v) is 3.84. The first-order chi connectivity index (χ1) is 8.90. The van der Waals surface area contributed by atoms with Crippen molar-refractivity contribution in [1.82, 2.24) is 0 Å². The van der Waals surface area contributed by atoms with Crippen molar-refractivity contribution in [1.29, 1.82) is 5.26 Å². The van der Waals surface area contributed by atoms with Crippen LogP contribution in [0.25, 0.3) is 18.2 Å². The minimum absolute atomic E-state index is 1.05.